The van der Waals surface area contributed by atoms with Gasteiger partial charge in [-0.15, -0.1) is 0 Å². The van der Waals surface area contributed by atoms with Crippen molar-refractivity contribution in [3.63, 3.8) is 0 Å². The summed E-state index contributed by atoms with van der Waals surface area (Å²) in [7, 11) is 1.83. The number of carbonyl (C=O) groups is 1. The van der Waals surface area contributed by atoms with Gasteiger partial charge in [-0.1, -0.05) is 32.1 Å². The fourth-order valence-corrected chi connectivity index (χ4v) is 2.89. The molecule has 0 fully saturated rings. The normalized spacial score (nSPS) is 12.5. The predicted molar refractivity (Wildman–Crippen MR) is 86.3 cm³/mol. The van der Waals surface area contributed by atoms with E-state index in [2.05, 4.69) is 38.0 Å². The highest BCUT2D eigenvalue weighted by Gasteiger charge is 2.23. The topological polar surface area (TPSA) is 71.2 Å². The fourth-order valence-electron chi connectivity index (χ4n) is 1.99. The molecule has 20 heavy (non-hydrogen) atoms. The van der Waals surface area contributed by atoms with Crippen molar-refractivity contribution in [1.29, 1.82) is 0 Å². The third-order valence-corrected chi connectivity index (χ3v) is 4.18. The molecule has 0 bridgehead atoms. The average Bonchev–Trinajstić information content (AvgIpc) is 2.75. The van der Waals surface area contributed by atoms with Crippen molar-refractivity contribution in [3.05, 3.63) is 4.88 Å². The van der Waals surface area contributed by atoms with Crippen LogP contribution in [-0.2, 0) is 0 Å². The van der Waals surface area contributed by atoms with Gasteiger partial charge in [-0.25, -0.2) is 4.98 Å². The molecule has 3 N–H and O–H groups in total. The van der Waals surface area contributed by atoms with Crippen molar-refractivity contribution in [1.82, 2.24) is 9.88 Å². The number of thiazole rings is 1. The molecule has 0 radical (unpaired) electrons. The van der Waals surface area contributed by atoms with Crippen molar-refractivity contribution in [3.8, 4) is 0 Å². The van der Waals surface area contributed by atoms with Gasteiger partial charge in [-0.05, 0) is 25.7 Å². The number of aromatic nitrogens is 1. The number of nitrogen functional groups attached to an aromatic ring is 1. The maximum atomic E-state index is 12.5. The Morgan fingerprint density at radius 1 is 1.45 bits per heavy atom. The molecule has 114 valence electrons. The Kier molecular flexibility index (Phi) is 6.26. The molecule has 0 aliphatic rings. The first-order valence-electron chi connectivity index (χ1n) is 7.14. The van der Waals surface area contributed by atoms with Crippen LogP contribution in [0.2, 0.25) is 0 Å². The maximum absolute atomic E-state index is 12.5. The van der Waals surface area contributed by atoms with Crippen LogP contribution < -0.4 is 11.1 Å². The summed E-state index contributed by atoms with van der Waals surface area (Å²) < 4.78 is 0. The summed E-state index contributed by atoms with van der Waals surface area (Å²) in [6, 6.07) is 0.191. The standard InChI is InChI=1S/C14H26N4OS/c1-6-7-16-14-17-12(15)11(20-14)13(19)18(5)10(4)8-9(2)3/h9-10H,6-8,15H2,1-5H3,(H,16,17). The van der Waals surface area contributed by atoms with Crippen LogP contribution in [0.5, 0.6) is 0 Å². The van der Waals surface area contributed by atoms with Gasteiger partial charge >= 0.3 is 0 Å². The molecule has 0 saturated carbocycles. The van der Waals surface area contributed by atoms with E-state index in [0.29, 0.717) is 16.6 Å². The molecule has 5 nitrogen and oxygen atoms in total. The summed E-state index contributed by atoms with van der Waals surface area (Å²) in [5.41, 5.74) is 5.87. The molecule has 1 heterocycles. The lowest BCUT2D eigenvalue weighted by atomic mass is 10.0. The first-order chi connectivity index (χ1) is 9.36. The van der Waals surface area contributed by atoms with Gasteiger partial charge in [0, 0.05) is 19.6 Å². The van der Waals surface area contributed by atoms with E-state index in [-0.39, 0.29) is 11.9 Å². The number of rotatable bonds is 7. The lowest BCUT2D eigenvalue weighted by Crippen LogP contribution is -2.35. The monoisotopic (exact) mass is 298 g/mol. The van der Waals surface area contributed by atoms with Gasteiger partial charge in [0.2, 0.25) is 0 Å². The van der Waals surface area contributed by atoms with Crippen LogP contribution in [0.1, 0.15) is 50.2 Å². The van der Waals surface area contributed by atoms with E-state index < -0.39 is 0 Å². The zero-order valence-electron chi connectivity index (χ0n) is 13.1. The Morgan fingerprint density at radius 3 is 2.65 bits per heavy atom. The number of carbonyl (C=O) groups excluding carboxylic acids is 1. The molecular formula is C14H26N4OS. The molecule has 1 aromatic rings. The molecule has 1 amide bonds. The third-order valence-electron chi connectivity index (χ3n) is 3.17. The van der Waals surface area contributed by atoms with Crippen molar-refractivity contribution >= 4 is 28.2 Å². The Labute approximate surface area is 125 Å². The van der Waals surface area contributed by atoms with E-state index in [1.165, 1.54) is 11.3 Å². The number of nitrogens with zero attached hydrogens (tertiary/aromatic N) is 2. The van der Waals surface area contributed by atoms with Gasteiger partial charge in [-0.2, -0.15) is 0 Å². The van der Waals surface area contributed by atoms with Crippen LogP contribution in [0.15, 0.2) is 0 Å². The van der Waals surface area contributed by atoms with E-state index in [9.17, 15) is 4.79 Å². The Balaban J connectivity index is 2.78. The predicted octanol–water partition coefficient (Wildman–Crippen LogP) is 3.05. The third kappa shape index (κ3) is 4.37. The first kappa shape index (κ1) is 16.8. The van der Waals surface area contributed by atoms with Gasteiger partial charge in [0.15, 0.2) is 5.13 Å². The highest BCUT2D eigenvalue weighted by Crippen LogP contribution is 2.27. The summed E-state index contributed by atoms with van der Waals surface area (Å²) in [5, 5.41) is 3.89. The van der Waals surface area contributed by atoms with Crippen LogP contribution >= 0.6 is 11.3 Å². The minimum Gasteiger partial charge on any atom is -0.382 e. The van der Waals surface area contributed by atoms with Gasteiger partial charge in [0.05, 0.1) is 0 Å². The second kappa shape index (κ2) is 7.47. The Bertz CT molecular complexity index is 444. The fraction of sp³-hybridized carbons (Fsp3) is 0.714. The molecule has 0 saturated heterocycles. The zero-order chi connectivity index (χ0) is 15.3. The van der Waals surface area contributed by atoms with E-state index >= 15 is 0 Å². The number of hydrogen-bond donors (Lipinski definition) is 2. The lowest BCUT2D eigenvalue weighted by Gasteiger charge is -2.25. The smallest absolute Gasteiger partial charge is 0.267 e. The average molecular weight is 298 g/mol. The molecule has 1 unspecified atom stereocenters. The first-order valence-corrected chi connectivity index (χ1v) is 7.95. The van der Waals surface area contributed by atoms with E-state index in [1.807, 2.05) is 7.05 Å². The second-order valence-electron chi connectivity index (χ2n) is 5.55. The molecule has 0 aliphatic heterocycles. The second-order valence-corrected chi connectivity index (χ2v) is 6.55. The maximum Gasteiger partial charge on any atom is 0.267 e. The number of hydrogen-bond acceptors (Lipinski definition) is 5. The molecule has 1 rings (SSSR count). The highest BCUT2D eigenvalue weighted by atomic mass is 32.1. The van der Waals surface area contributed by atoms with E-state index in [1.54, 1.807) is 4.90 Å². The molecule has 0 aromatic carbocycles. The molecule has 6 heteroatoms. The van der Waals surface area contributed by atoms with E-state index in [4.69, 9.17) is 5.73 Å². The number of nitrogens with two attached hydrogens (primary N) is 1. The van der Waals surface area contributed by atoms with Gasteiger partial charge < -0.3 is 16.0 Å². The quantitative estimate of drug-likeness (QED) is 0.811. The molecule has 1 aromatic heterocycles. The van der Waals surface area contributed by atoms with Gasteiger partial charge in [-0.3, -0.25) is 4.79 Å². The van der Waals surface area contributed by atoms with Gasteiger partial charge in [0.1, 0.15) is 10.7 Å². The number of nitrogens with one attached hydrogen (secondary N) is 1. The lowest BCUT2D eigenvalue weighted by molar-refractivity contribution is 0.0734. The van der Waals surface area contributed by atoms with Crippen molar-refractivity contribution < 1.29 is 4.79 Å². The summed E-state index contributed by atoms with van der Waals surface area (Å²) in [6.07, 6.45) is 1.98. The SMILES string of the molecule is CCCNc1nc(N)c(C(=O)N(C)C(C)CC(C)C)s1. The van der Waals surface area contributed by atoms with Crippen LogP contribution in [0.3, 0.4) is 0 Å². The number of amides is 1. The minimum atomic E-state index is -0.0438. The Morgan fingerprint density at radius 2 is 2.10 bits per heavy atom. The van der Waals surface area contributed by atoms with Crippen LogP contribution in [0, 0.1) is 5.92 Å². The molecule has 1 atom stereocenters. The van der Waals surface area contributed by atoms with Crippen LogP contribution in [0.25, 0.3) is 0 Å². The highest BCUT2D eigenvalue weighted by molar-refractivity contribution is 7.18. The number of anilines is 2. The van der Waals surface area contributed by atoms with Crippen molar-refractivity contribution in [2.24, 2.45) is 5.92 Å². The summed E-state index contributed by atoms with van der Waals surface area (Å²) >= 11 is 1.33. The summed E-state index contributed by atoms with van der Waals surface area (Å²) in [5.74, 6) is 0.834. The minimum absolute atomic E-state index is 0.0438. The molecule has 0 aliphatic carbocycles. The molecule has 0 spiro atoms. The van der Waals surface area contributed by atoms with Crippen molar-refractivity contribution in [2.75, 3.05) is 24.6 Å². The zero-order valence-corrected chi connectivity index (χ0v) is 13.9. The van der Waals surface area contributed by atoms with Crippen LogP contribution in [-0.4, -0.2) is 35.4 Å². The summed E-state index contributed by atoms with van der Waals surface area (Å²) in [6.45, 7) is 9.29. The van der Waals surface area contributed by atoms with E-state index in [0.717, 1.165) is 24.5 Å². The largest absolute Gasteiger partial charge is 0.382 e. The Hall–Kier alpha value is -1.30. The molecular weight excluding hydrogens is 272 g/mol. The van der Waals surface area contributed by atoms with Crippen LogP contribution in [0.4, 0.5) is 10.9 Å². The van der Waals surface area contributed by atoms with Crippen molar-refractivity contribution in [2.45, 2.75) is 46.6 Å². The van der Waals surface area contributed by atoms with Gasteiger partial charge in [0.25, 0.3) is 5.91 Å². The summed E-state index contributed by atoms with van der Waals surface area (Å²) in [4.78, 5) is 19.0.